The fourth-order valence-corrected chi connectivity index (χ4v) is 3.82. The van der Waals surface area contributed by atoms with Crippen LogP contribution in [0.4, 0.5) is 17.1 Å². The number of hydrogen-bond donors (Lipinski definition) is 2. The zero-order chi connectivity index (χ0) is 19.1. The maximum Gasteiger partial charge on any atom is 0.294 e. The summed E-state index contributed by atoms with van der Waals surface area (Å²) in [7, 11) is 0. The van der Waals surface area contributed by atoms with E-state index in [1.165, 1.54) is 0 Å². The van der Waals surface area contributed by atoms with Crippen molar-refractivity contribution in [2.24, 2.45) is 0 Å². The van der Waals surface area contributed by atoms with Crippen molar-refractivity contribution in [3.8, 4) is 0 Å². The Morgan fingerprint density at radius 2 is 1.75 bits per heavy atom. The Labute approximate surface area is 168 Å². The van der Waals surface area contributed by atoms with E-state index < -0.39 is 0 Å². The third kappa shape index (κ3) is 3.02. The Balaban J connectivity index is 1.53. The Morgan fingerprint density at radius 3 is 2.54 bits per heavy atom. The van der Waals surface area contributed by atoms with Gasteiger partial charge in [-0.05, 0) is 36.4 Å². The van der Waals surface area contributed by atoms with Crippen LogP contribution in [0.25, 0.3) is 0 Å². The van der Waals surface area contributed by atoms with E-state index in [-0.39, 0.29) is 5.91 Å². The molecule has 2 aromatic carbocycles. The number of carbonyl (C=O) groups excluding carboxylic acids is 1. The Bertz CT molecular complexity index is 940. The van der Waals surface area contributed by atoms with E-state index in [0.29, 0.717) is 30.5 Å². The maximum absolute atomic E-state index is 13.3. The van der Waals surface area contributed by atoms with E-state index in [1.807, 2.05) is 41.4 Å². The third-order valence-corrected chi connectivity index (χ3v) is 5.37. The number of nitrogens with one attached hydrogen (secondary N) is 2. The summed E-state index contributed by atoms with van der Waals surface area (Å²) in [6.45, 7) is 3.79. The van der Waals surface area contributed by atoms with Gasteiger partial charge in [-0.3, -0.25) is 9.69 Å². The minimum atomic E-state index is -0.104. The summed E-state index contributed by atoms with van der Waals surface area (Å²) in [5.41, 5.74) is 7.34. The van der Waals surface area contributed by atoms with Crippen LogP contribution in [0.2, 0.25) is 5.02 Å². The number of amides is 1. The highest BCUT2D eigenvalue weighted by Gasteiger charge is 2.40. The van der Waals surface area contributed by atoms with Gasteiger partial charge in [-0.15, -0.1) is 5.53 Å². The molecule has 0 saturated carbocycles. The van der Waals surface area contributed by atoms with Crippen LogP contribution in [-0.4, -0.2) is 43.7 Å². The first-order valence-corrected chi connectivity index (χ1v) is 9.64. The molecule has 5 rings (SSSR count). The second kappa shape index (κ2) is 7.10. The van der Waals surface area contributed by atoms with Gasteiger partial charge in [0.2, 0.25) is 0 Å². The minimum Gasteiger partial charge on any atom is -0.379 e. The fourth-order valence-electron chi connectivity index (χ4n) is 3.69. The van der Waals surface area contributed by atoms with Gasteiger partial charge in [-0.25, -0.2) is 10.0 Å². The number of benzene rings is 2. The van der Waals surface area contributed by atoms with Crippen LogP contribution in [0.3, 0.4) is 0 Å². The standard InChI is InChI=1S/C20H20ClN5O2/c21-14-5-7-15(8-6-14)25-20(27)19-17(13-24-9-11-28-12-10-24)22-16-3-1-2-4-18(16)26(19)23-25/h1-8,22-23H,9-13H2. The van der Waals surface area contributed by atoms with Gasteiger partial charge >= 0.3 is 0 Å². The molecule has 2 N–H and O–H groups in total. The summed E-state index contributed by atoms with van der Waals surface area (Å²) in [6, 6.07) is 15.2. The molecule has 7 nitrogen and oxygen atoms in total. The van der Waals surface area contributed by atoms with Crippen molar-refractivity contribution < 1.29 is 9.53 Å². The van der Waals surface area contributed by atoms with Gasteiger partial charge in [-0.2, -0.15) is 0 Å². The fraction of sp³-hybridized carbons (Fsp3) is 0.250. The largest absolute Gasteiger partial charge is 0.379 e. The molecule has 2 aromatic rings. The van der Waals surface area contributed by atoms with Crippen molar-refractivity contribution >= 4 is 34.6 Å². The molecule has 0 aromatic heterocycles. The van der Waals surface area contributed by atoms with E-state index in [1.54, 1.807) is 17.1 Å². The van der Waals surface area contributed by atoms with Crippen LogP contribution in [0.1, 0.15) is 0 Å². The summed E-state index contributed by atoms with van der Waals surface area (Å²) >= 11 is 6.01. The predicted octanol–water partition coefficient (Wildman–Crippen LogP) is 2.58. The lowest BCUT2D eigenvalue weighted by molar-refractivity contribution is -0.114. The lowest BCUT2D eigenvalue weighted by Gasteiger charge is -2.33. The highest BCUT2D eigenvalue weighted by atomic mass is 35.5. The van der Waals surface area contributed by atoms with Crippen LogP contribution in [-0.2, 0) is 9.53 Å². The van der Waals surface area contributed by atoms with Gasteiger partial charge < -0.3 is 10.1 Å². The molecule has 0 aliphatic carbocycles. The molecule has 8 heteroatoms. The van der Waals surface area contributed by atoms with Crippen LogP contribution in [0.15, 0.2) is 59.9 Å². The molecule has 0 atom stereocenters. The average molecular weight is 398 g/mol. The zero-order valence-electron chi connectivity index (χ0n) is 15.2. The number of nitrogens with zero attached hydrogens (tertiary/aromatic N) is 3. The van der Waals surface area contributed by atoms with E-state index in [2.05, 4.69) is 15.8 Å². The molecular formula is C20H20ClN5O2. The summed E-state index contributed by atoms with van der Waals surface area (Å²) in [5.74, 6) is -0.104. The molecule has 2 saturated heterocycles. The summed E-state index contributed by atoms with van der Waals surface area (Å²) in [4.78, 5) is 15.6. The molecule has 0 unspecified atom stereocenters. The van der Waals surface area contributed by atoms with Crippen molar-refractivity contribution in [1.82, 2.24) is 10.4 Å². The third-order valence-electron chi connectivity index (χ3n) is 5.12. The van der Waals surface area contributed by atoms with Crippen LogP contribution < -0.4 is 20.9 Å². The number of rotatable bonds is 3. The smallest absolute Gasteiger partial charge is 0.294 e. The lowest BCUT2D eigenvalue weighted by atomic mass is 10.1. The Morgan fingerprint density at radius 1 is 1.00 bits per heavy atom. The van der Waals surface area contributed by atoms with Crippen LogP contribution >= 0.6 is 11.6 Å². The minimum absolute atomic E-state index is 0.104. The molecule has 28 heavy (non-hydrogen) atoms. The van der Waals surface area contributed by atoms with Gasteiger partial charge in [0.1, 0.15) is 5.70 Å². The highest BCUT2D eigenvalue weighted by molar-refractivity contribution is 6.30. The molecule has 3 heterocycles. The number of hydrogen-bond acceptors (Lipinski definition) is 6. The predicted molar refractivity (Wildman–Crippen MR) is 109 cm³/mol. The Hall–Kier alpha value is -2.58. The number of carbonyl (C=O) groups is 1. The maximum atomic E-state index is 13.3. The molecule has 0 spiro atoms. The number of anilines is 3. The first kappa shape index (κ1) is 17.5. The van der Waals surface area contributed by atoms with Crippen LogP contribution in [0, 0.1) is 0 Å². The van der Waals surface area contributed by atoms with Gasteiger partial charge in [0, 0.05) is 24.7 Å². The summed E-state index contributed by atoms with van der Waals surface area (Å²) < 4.78 is 5.45. The van der Waals surface area contributed by atoms with Gasteiger partial charge in [0.05, 0.1) is 36.0 Å². The normalized spacial score (nSPS) is 19.5. The van der Waals surface area contributed by atoms with Crippen molar-refractivity contribution in [1.29, 1.82) is 0 Å². The molecule has 0 bridgehead atoms. The topological polar surface area (TPSA) is 60.1 Å². The number of para-hydroxylation sites is 2. The number of fused-ring (bicyclic) bond motifs is 3. The van der Waals surface area contributed by atoms with Gasteiger partial charge in [-0.1, -0.05) is 23.7 Å². The summed E-state index contributed by atoms with van der Waals surface area (Å²) in [5, 5.41) is 7.52. The lowest BCUT2D eigenvalue weighted by Crippen LogP contribution is -2.43. The van der Waals surface area contributed by atoms with Crippen LogP contribution in [0.5, 0.6) is 0 Å². The molecule has 2 fully saturated rings. The van der Waals surface area contributed by atoms with Gasteiger partial charge in [0.15, 0.2) is 0 Å². The zero-order valence-corrected chi connectivity index (χ0v) is 15.9. The SMILES string of the molecule is O=C1C2=C(CN3CCOCC3)Nc3ccccc3N2NN1c1ccc(Cl)cc1. The second-order valence-corrected chi connectivity index (χ2v) is 7.35. The van der Waals surface area contributed by atoms with Crippen molar-refractivity contribution in [3.05, 3.63) is 64.9 Å². The number of halogens is 1. The van der Waals surface area contributed by atoms with E-state index in [9.17, 15) is 4.79 Å². The van der Waals surface area contributed by atoms with Gasteiger partial charge in [0.25, 0.3) is 5.91 Å². The van der Waals surface area contributed by atoms with E-state index >= 15 is 0 Å². The first-order valence-electron chi connectivity index (χ1n) is 9.26. The molecule has 3 aliphatic heterocycles. The molecule has 1 amide bonds. The highest BCUT2D eigenvalue weighted by Crippen LogP contribution is 2.38. The molecule has 144 valence electrons. The molecule has 0 radical (unpaired) electrons. The first-order chi connectivity index (χ1) is 13.7. The number of morpholine rings is 1. The monoisotopic (exact) mass is 397 g/mol. The molecular weight excluding hydrogens is 378 g/mol. The average Bonchev–Trinajstić information content (AvgIpc) is 3.07. The summed E-state index contributed by atoms with van der Waals surface area (Å²) in [6.07, 6.45) is 0. The number of hydrazine groups is 2. The molecule has 3 aliphatic rings. The van der Waals surface area contributed by atoms with Crippen molar-refractivity contribution in [2.75, 3.05) is 48.2 Å². The Kier molecular flexibility index (Phi) is 4.44. The van der Waals surface area contributed by atoms with E-state index in [4.69, 9.17) is 16.3 Å². The van der Waals surface area contributed by atoms with Crippen molar-refractivity contribution in [3.63, 3.8) is 0 Å². The second-order valence-electron chi connectivity index (χ2n) is 6.91. The van der Waals surface area contributed by atoms with E-state index in [0.717, 1.165) is 35.8 Å². The quantitative estimate of drug-likeness (QED) is 0.830. The number of ether oxygens (including phenoxy) is 1. The van der Waals surface area contributed by atoms with Crippen molar-refractivity contribution in [2.45, 2.75) is 0 Å².